The highest BCUT2D eigenvalue weighted by Crippen LogP contribution is 2.37. The molecule has 67 heavy (non-hydrogen) atoms. The Kier molecular flexibility index (Phi) is 13.3. The first kappa shape index (κ1) is 45.8. The van der Waals surface area contributed by atoms with Crippen LogP contribution in [0.3, 0.4) is 0 Å². The van der Waals surface area contributed by atoms with E-state index in [1.165, 1.54) is 10.4 Å². The van der Waals surface area contributed by atoms with Gasteiger partial charge in [-0.2, -0.15) is 4.31 Å². The van der Waals surface area contributed by atoms with Crippen LogP contribution < -0.4 is 20.9 Å². The fourth-order valence-electron chi connectivity index (χ4n) is 8.58. The predicted octanol–water partition coefficient (Wildman–Crippen LogP) is 2.16. The van der Waals surface area contributed by atoms with Gasteiger partial charge in [0, 0.05) is 68.4 Å². The maximum absolute atomic E-state index is 13.4. The fraction of sp³-hybridized carbons (Fsp3) is 0.467. The van der Waals surface area contributed by atoms with Crippen LogP contribution in [0.2, 0.25) is 0 Å². The van der Waals surface area contributed by atoms with Gasteiger partial charge in [-0.1, -0.05) is 11.3 Å². The summed E-state index contributed by atoms with van der Waals surface area (Å²) in [5.41, 5.74) is 3.13. The van der Waals surface area contributed by atoms with E-state index >= 15 is 0 Å². The number of nitrogens with zero attached hydrogens (tertiary/aromatic N) is 8. The van der Waals surface area contributed by atoms with Crippen molar-refractivity contribution in [2.75, 3.05) is 63.7 Å². The van der Waals surface area contributed by atoms with Crippen LogP contribution in [-0.4, -0.2) is 141 Å². The van der Waals surface area contributed by atoms with Gasteiger partial charge in [-0.15, -0.1) is 5.10 Å². The molecule has 0 bridgehead atoms. The Balaban J connectivity index is 0.687. The molecule has 5 aromatic rings. The topological polar surface area (TPSA) is 243 Å². The summed E-state index contributed by atoms with van der Waals surface area (Å²) in [6.45, 7) is 5.44. The summed E-state index contributed by atoms with van der Waals surface area (Å²) in [7, 11) is -1.88. The van der Waals surface area contributed by atoms with E-state index in [4.69, 9.17) is 18.6 Å². The molecule has 2 unspecified atom stereocenters. The minimum absolute atomic E-state index is 0.0140. The number of pyridine rings is 2. The Morgan fingerprint density at radius 3 is 2.55 bits per heavy atom. The normalized spacial score (nSPS) is 19.3. The zero-order valence-electron chi connectivity index (χ0n) is 37.2. The van der Waals surface area contributed by atoms with Crippen molar-refractivity contribution in [1.29, 1.82) is 0 Å². The molecule has 22 heteroatoms. The number of sulfonamides is 1. The average Bonchev–Trinajstić information content (AvgIpc) is 3.77. The van der Waals surface area contributed by atoms with Crippen LogP contribution in [0.5, 0.6) is 5.75 Å². The quantitative estimate of drug-likeness (QED) is 0.0839. The van der Waals surface area contributed by atoms with Crippen LogP contribution in [-0.2, 0) is 55.8 Å². The molecule has 2 atom stereocenters. The van der Waals surface area contributed by atoms with E-state index in [1.54, 1.807) is 59.3 Å². The maximum Gasteiger partial charge on any atom is 0.264 e. The van der Waals surface area contributed by atoms with E-state index < -0.39 is 39.7 Å². The van der Waals surface area contributed by atoms with E-state index in [0.717, 1.165) is 28.9 Å². The number of furan rings is 1. The molecule has 1 aromatic carbocycles. The number of fused-ring (bicyclic) bond motifs is 2. The molecule has 21 nitrogen and oxygen atoms in total. The maximum atomic E-state index is 13.4. The van der Waals surface area contributed by atoms with E-state index in [1.807, 2.05) is 13.0 Å². The first-order valence-corrected chi connectivity index (χ1v) is 24.0. The number of amides is 4. The Labute approximate surface area is 385 Å². The third kappa shape index (κ3) is 10.0. The lowest BCUT2D eigenvalue weighted by atomic mass is 10.0. The van der Waals surface area contributed by atoms with Crippen molar-refractivity contribution in [3.8, 4) is 16.9 Å². The average molecular weight is 941 g/mol. The van der Waals surface area contributed by atoms with Gasteiger partial charge >= 0.3 is 0 Å². The Bertz CT molecular complexity index is 2870. The summed E-state index contributed by atoms with van der Waals surface area (Å²) in [4.78, 5) is 71.1. The van der Waals surface area contributed by atoms with Gasteiger partial charge in [0.25, 0.3) is 17.4 Å². The monoisotopic (exact) mass is 940 g/mol. The largest absolute Gasteiger partial charge is 0.491 e. The van der Waals surface area contributed by atoms with Gasteiger partial charge in [0.05, 0.1) is 87.3 Å². The molecule has 0 radical (unpaired) electrons. The van der Waals surface area contributed by atoms with Gasteiger partial charge in [-0.3, -0.25) is 44.1 Å². The minimum atomic E-state index is -3.59. The van der Waals surface area contributed by atoms with Crippen molar-refractivity contribution in [1.82, 2.24) is 44.0 Å². The molecule has 3 fully saturated rings. The van der Waals surface area contributed by atoms with Crippen molar-refractivity contribution >= 4 is 50.3 Å². The molecule has 354 valence electrons. The number of imide groups is 2. The molecule has 3 aliphatic heterocycles. The molecule has 1 aliphatic carbocycles. The third-order valence-electron chi connectivity index (χ3n) is 12.5. The zero-order valence-corrected chi connectivity index (χ0v) is 38.0. The number of anilines is 1. The molecule has 2 N–H and O–H groups in total. The van der Waals surface area contributed by atoms with Gasteiger partial charge in [-0.05, 0) is 56.4 Å². The number of aryl methyl sites for hydroxylation is 1. The molecule has 4 amide bonds. The van der Waals surface area contributed by atoms with Gasteiger partial charge in [0.2, 0.25) is 21.8 Å². The van der Waals surface area contributed by atoms with E-state index in [9.17, 15) is 32.4 Å². The number of aromatic nitrogens is 5. The van der Waals surface area contributed by atoms with Crippen LogP contribution >= 0.6 is 0 Å². The second kappa shape index (κ2) is 19.5. The summed E-state index contributed by atoms with van der Waals surface area (Å²) in [6.07, 6.45) is 9.27. The molecular weight excluding hydrogens is 889 g/mol. The number of piperidine rings is 1. The van der Waals surface area contributed by atoms with Crippen molar-refractivity contribution in [2.24, 2.45) is 13.0 Å². The Morgan fingerprint density at radius 1 is 0.940 bits per heavy atom. The number of ether oxygens (including phenoxy) is 3. The van der Waals surface area contributed by atoms with Crippen LogP contribution in [0, 0.1) is 5.92 Å². The van der Waals surface area contributed by atoms with Crippen molar-refractivity contribution in [2.45, 2.75) is 64.3 Å². The molecule has 4 aliphatic rings. The van der Waals surface area contributed by atoms with Crippen LogP contribution in [0.1, 0.15) is 64.8 Å². The van der Waals surface area contributed by atoms with Crippen LogP contribution in [0.25, 0.3) is 22.1 Å². The van der Waals surface area contributed by atoms with Crippen molar-refractivity contribution in [3.05, 3.63) is 88.1 Å². The molecule has 4 aromatic heterocycles. The summed E-state index contributed by atoms with van der Waals surface area (Å²) in [6, 6.07) is 7.30. The fourth-order valence-corrected chi connectivity index (χ4v) is 9.97. The smallest absolute Gasteiger partial charge is 0.264 e. The number of piperazine rings is 1. The highest BCUT2D eigenvalue weighted by atomic mass is 32.2. The number of nitrogens with one attached hydrogen (secondary N) is 2. The molecule has 0 spiro atoms. The third-order valence-corrected chi connectivity index (χ3v) is 14.3. The molecule has 2 saturated heterocycles. The SMILES string of the molecule is CC1CN(S(=O)(=O)CCOCCOCCn2cc(CNc3cccc4c3C(=O)N(C3CCC(=O)NC3=O)C4=O)nn2)CCN1Cc1cc2c(=O)n(C)cc(-c3ccncc3OCC3CC3)c2o1. The number of rotatable bonds is 20. The lowest BCUT2D eigenvalue weighted by molar-refractivity contribution is -0.136. The van der Waals surface area contributed by atoms with E-state index in [-0.39, 0.29) is 67.7 Å². The van der Waals surface area contributed by atoms with Gasteiger partial charge < -0.3 is 28.5 Å². The van der Waals surface area contributed by atoms with Crippen molar-refractivity contribution in [3.63, 3.8) is 0 Å². The minimum Gasteiger partial charge on any atom is -0.491 e. The second-order valence-corrected chi connectivity index (χ2v) is 19.3. The highest BCUT2D eigenvalue weighted by molar-refractivity contribution is 7.89. The lowest BCUT2D eigenvalue weighted by Gasteiger charge is -2.38. The lowest BCUT2D eigenvalue weighted by Crippen LogP contribution is -2.54. The number of benzene rings is 1. The first-order chi connectivity index (χ1) is 32.3. The Hall–Kier alpha value is -6.33. The molecule has 9 rings (SSSR count). The zero-order chi connectivity index (χ0) is 46.8. The summed E-state index contributed by atoms with van der Waals surface area (Å²) in [5.74, 6) is -0.669. The van der Waals surface area contributed by atoms with Gasteiger partial charge in [-0.25, -0.2) is 13.1 Å². The predicted molar refractivity (Wildman–Crippen MR) is 240 cm³/mol. The molecular formula is C45H52N10O11S. The van der Waals surface area contributed by atoms with Gasteiger partial charge in [0.1, 0.15) is 28.8 Å². The number of hydrogen-bond donors (Lipinski definition) is 2. The van der Waals surface area contributed by atoms with Crippen LogP contribution in [0.4, 0.5) is 5.69 Å². The second-order valence-electron chi connectivity index (χ2n) is 17.3. The summed E-state index contributed by atoms with van der Waals surface area (Å²) in [5, 5.41) is 14.1. The number of hydrogen-bond acceptors (Lipinski definition) is 16. The first-order valence-electron chi connectivity index (χ1n) is 22.4. The van der Waals surface area contributed by atoms with Crippen LogP contribution in [0.15, 0.2) is 64.3 Å². The standard InChI is InChI=1S/C45H52N10O11S/c1-28-23-54(13-12-52(28)25-31-20-34-41(66-31)35(26-51(2)43(34)58)32-10-11-46-22-38(32)65-27-29-6-7-29)67(61,62)19-18-64-17-16-63-15-14-53-24-30(49-50-53)21-47-36-5-3-4-33-40(36)45(60)55(44(33)59)37-8-9-39(56)48-42(37)57/h3-5,10-11,20,22,24,26,28-29,37,47H,6-9,12-19,21,23,25,27H2,1-2H3,(H,48,56,57). The Morgan fingerprint density at radius 2 is 1.76 bits per heavy atom. The summed E-state index contributed by atoms with van der Waals surface area (Å²) < 4.78 is 55.1. The van der Waals surface area contributed by atoms with E-state index in [2.05, 4.69) is 30.8 Å². The highest BCUT2D eigenvalue weighted by Gasteiger charge is 2.45. The molecule has 1 saturated carbocycles. The van der Waals surface area contributed by atoms with E-state index in [0.29, 0.717) is 85.7 Å². The summed E-state index contributed by atoms with van der Waals surface area (Å²) >= 11 is 0. The number of carbonyl (C=O) groups excluding carboxylic acids is 4. The van der Waals surface area contributed by atoms with Gasteiger partial charge in [0.15, 0.2) is 0 Å². The number of carbonyl (C=O) groups is 4. The van der Waals surface area contributed by atoms with Crippen molar-refractivity contribution < 1.29 is 46.2 Å². The molecule has 7 heterocycles.